The first kappa shape index (κ1) is 27.6. The maximum Gasteiger partial charge on any atom is 0.119 e. The SMILES string of the molecule is COCCSNCCCN(CCCCCCCC=O)CCCCCCCC=O. The largest absolute Gasteiger partial charge is 0.384 e. The van der Waals surface area contributed by atoms with Gasteiger partial charge in [0.2, 0.25) is 0 Å². The van der Waals surface area contributed by atoms with E-state index in [-0.39, 0.29) is 0 Å². The van der Waals surface area contributed by atoms with Crippen molar-refractivity contribution in [2.24, 2.45) is 0 Å². The smallest absolute Gasteiger partial charge is 0.119 e. The van der Waals surface area contributed by atoms with Gasteiger partial charge in [-0.25, -0.2) is 0 Å². The topological polar surface area (TPSA) is 58.6 Å². The predicted molar refractivity (Wildman–Crippen MR) is 121 cm³/mol. The first-order valence-corrected chi connectivity index (χ1v) is 12.3. The average molecular weight is 417 g/mol. The number of carbonyl (C=O) groups is 2. The van der Waals surface area contributed by atoms with Gasteiger partial charge in [0, 0.05) is 32.2 Å². The number of carbonyl (C=O) groups excluding carboxylic acids is 2. The summed E-state index contributed by atoms with van der Waals surface area (Å²) in [6.45, 7) is 5.38. The molecule has 0 heterocycles. The summed E-state index contributed by atoms with van der Waals surface area (Å²) in [5.74, 6) is 0.994. The molecular formula is C22H44N2O3S. The number of aldehydes is 2. The summed E-state index contributed by atoms with van der Waals surface area (Å²) < 4.78 is 8.48. The summed E-state index contributed by atoms with van der Waals surface area (Å²) in [5.41, 5.74) is 0. The second kappa shape index (κ2) is 24.6. The Labute approximate surface area is 177 Å². The molecule has 0 aromatic heterocycles. The van der Waals surface area contributed by atoms with E-state index < -0.39 is 0 Å². The number of methoxy groups -OCH3 is 1. The van der Waals surface area contributed by atoms with E-state index in [9.17, 15) is 9.59 Å². The van der Waals surface area contributed by atoms with Crippen LogP contribution >= 0.6 is 11.9 Å². The van der Waals surface area contributed by atoms with Gasteiger partial charge in [0.25, 0.3) is 0 Å². The summed E-state index contributed by atoms with van der Waals surface area (Å²) in [4.78, 5) is 23.3. The highest BCUT2D eigenvalue weighted by molar-refractivity contribution is 7.97. The molecule has 0 aliphatic rings. The number of nitrogens with one attached hydrogen (secondary N) is 1. The van der Waals surface area contributed by atoms with Gasteiger partial charge >= 0.3 is 0 Å². The molecule has 0 atom stereocenters. The molecule has 5 nitrogen and oxygen atoms in total. The Morgan fingerprint density at radius 1 is 0.750 bits per heavy atom. The standard InChI is InChI=1S/C22H44N2O3S/c1-27-21-22-28-23-15-14-18-24(16-10-6-2-4-8-12-19-25)17-11-7-3-5-9-13-20-26/h19-20,23H,2-18,21-22H2,1H3. The highest BCUT2D eigenvalue weighted by Crippen LogP contribution is 2.09. The summed E-state index contributed by atoms with van der Waals surface area (Å²) in [6, 6.07) is 0. The first-order chi connectivity index (χ1) is 13.8. The van der Waals surface area contributed by atoms with E-state index in [1.165, 1.54) is 70.9 Å². The van der Waals surface area contributed by atoms with Crippen molar-refractivity contribution in [1.29, 1.82) is 0 Å². The van der Waals surface area contributed by atoms with Gasteiger partial charge in [0.1, 0.15) is 12.6 Å². The van der Waals surface area contributed by atoms with E-state index in [1.54, 1.807) is 19.1 Å². The van der Waals surface area contributed by atoms with Crippen molar-refractivity contribution in [1.82, 2.24) is 9.62 Å². The van der Waals surface area contributed by atoms with E-state index in [0.29, 0.717) is 12.8 Å². The van der Waals surface area contributed by atoms with Crippen LogP contribution in [0.4, 0.5) is 0 Å². The van der Waals surface area contributed by atoms with Crippen molar-refractivity contribution >= 4 is 24.5 Å². The van der Waals surface area contributed by atoms with Gasteiger partial charge < -0.3 is 19.2 Å². The summed E-state index contributed by atoms with van der Waals surface area (Å²) in [7, 11) is 1.74. The Morgan fingerprint density at radius 3 is 1.79 bits per heavy atom. The number of rotatable bonds is 24. The van der Waals surface area contributed by atoms with E-state index in [2.05, 4.69) is 9.62 Å². The van der Waals surface area contributed by atoms with Gasteiger partial charge in [-0.05, 0) is 51.7 Å². The van der Waals surface area contributed by atoms with E-state index in [4.69, 9.17) is 4.74 Å². The van der Waals surface area contributed by atoms with Crippen LogP contribution in [0.15, 0.2) is 0 Å². The van der Waals surface area contributed by atoms with E-state index in [0.717, 1.165) is 50.9 Å². The Kier molecular flexibility index (Phi) is 24.2. The maximum absolute atomic E-state index is 10.3. The number of hydrogen-bond acceptors (Lipinski definition) is 6. The molecule has 0 aliphatic heterocycles. The van der Waals surface area contributed by atoms with Crippen LogP contribution < -0.4 is 4.72 Å². The Hall–Kier alpha value is -0.430. The fourth-order valence-electron chi connectivity index (χ4n) is 3.17. The zero-order valence-corrected chi connectivity index (χ0v) is 19.0. The quantitative estimate of drug-likeness (QED) is 0.140. The number of nitrogens with zero attached hydrogens (tertiary/aromatic N) is 1. The van der Waals surface area contributed by atoms with Gasteiger partial charge in [-0.1, -0.05) is 50.5 Å². The lowest BCUT2D eigenvalue weighted by Crippen LogP contribution is -2.29. The van der Waals surface area contributed by atoms with Crippen molar-refractivity contribution in [2.45, 2.75) is 83.5 Å². The van der Waals surface area contributed by atoms with Crippen molar-refractivity contribution in [3.05, 3.63) is 0 Å². The van der Waals surface area contributed by atoms with Gasteiger partial charge in [-0.2, -0.15) is 0 Å². The van der Waals surface area contributed by atoms with Crippen molar-refractivity contribution < 1.29 is 14.3 Å². The van der Waals surface area contributed by atoms with Crippen LogP contribution in [0, 0.1) is 0 Å². The van der Waals surface area contributed by atoms with Crippen molar-refractivity contribution in [2.75, 3.05) is 45.6 Å². The minimum Gasteiger partial charge on any atom is -0.384 e. The molecule has 0 amide bonds. The molecule has 0 saturated heterocycles. The molecule has 6 heteroatoms. The van der Waals surface area contributed by atoms with Crippen LogP contribution in [0.1, 0.15) is 83.5 Å². The van der Waals surface area contributed by atoms with Gasteiger partial charge in [0.15, 0.2) is 0 Å². The molecule has 28 heavy (non-hydrogen) atoms. The van der Waals surface area contributed by atoms with E-state index >= 15 is 0 Å². The summed E-state index contributed by atoms with van der Waals surface area (Å²) in [6.07, 6.45) is 16.7. The molecule has 0 unspecified atom stereocenters. The Morgan fingerprint density at radius 2 is 1.25 bits per heavy atom. The molecule has 0 aliphatic carbocycles. The highest BCUT2D eigenvalue weighted by Gasteiger charge is 2.05. The van der Waals surface area contributed by atoms with Crippen molar-refractivity contribution in [3.8, 4) is 0 Å². The lowest BCUT2D eigenvalue weighted by atomic mass is 10.1. The van der Waals surface area contributed by atoms with Crippen LogP contribution in [0.25, 0.3) is 0 Å². The molecule has 0 saturated carbocycles. The maximum atomic E-state index is 10.3. The lowest BCUT2D eigenvalue weighted by Gasteiger charge is -2.22. The molecule has 0 spiro atoms. The third kappa shape index (κ3) is 21.9. The lowest BCUT2D eigenvalue weighted by molar-refractivity contribution is -0.108. The van der Waals surface area contributed by atoms with Crippen molar-refractivity contribution in [3.63, 3.8) is 0 Å². The number of hydrogen-bond donors (Lipinski definition) is 1. The summed E-state index contributed by atoms with van der Waals surface area (Å²) >= 11 is 1.75. The van der Waals surface area contributed by atoms with Gasteiger partial charge in [-0.15, -0.1) is 0 Å². The third-order valence-corrected chi connectivity index (χ3v) is 5.62. The second-order valence-corrected chi connectivity index (χ2v) is 8.36. The Bertz CT molecular complexity index is 311. The normalized spacial score (nSPS) is 11.2. The molecular weight excluding hydrogens is 372 g/mol. The minimum atomic E-state index is 0.717. The van der Waals surface area contributed by atoms with Gasteiger partial charge in [0.05, 0.1) is 6.61 Å². The molecule has 166 valence electrons. The van der Waals surface area contributed by atoms with Crippen LogP contribution in [0.2, 0.25) is 0 Å². The molecule has 0 rings (SSSR count). The van der Waals surface area contributed by atoms with Gasteiger partial charge in [-0.3, -0.25) is 4.72 Å². The van der Waals surface area contributed by atoms with Crippen LogP contribution in [0.5, 0.6) is 0 Å². The fraction of sp³-hybridized carbons (Fsp3) is 0.909. The molecule has 0 aromatic carbocycles. The van der Waals surface area contributed by atoms with Crippen LogP contribution in [-0.4, -0.2) is 63.1 Å². The molecule has 0 aromatic rings. The monoisotopic (exact) mass is 416 g/mol. The molecule has 1 N–H and O–H groups in total. The van der Waals surface area contributed by atoms with E-state index in [1.807, 2.05) is 0 Å². The van der Waals surface area contributed by atoms with Crippen LogP contribution in [-0.2, 0) is 14.3 Å². The number of ether oxygens (including phenoxy) is 1. The molecule has 0 bridgehead atoms. The second-order valence-electron chi connectivity index (χ2n) is 7.38. The molecule has 0 fully saturated rings. The van der Waals surface area contributed by atoms with Crippen LogP contribution in [0.3, 0.4) is 0 Å². The first-order valence-electron chi connectivity index (χ1n) is 11.3. The third-order valence-electron chi connectivity index (χ3n) is 4.84. The number of unbranched alkanes of at least 4 members (excludes halogenated alkanes) is 10. The molecule has 0 radical (unpaired) electrons. The zero-order valence-electron chi connectivity index (χ0n) is 18.2. The highest BCUT2D eigenvalue weighted by atomic mass is 32.2. The average Bonchev–Trinajstić information content (AvgIpc) is 2.71. The summed E-state index contributed by atoms with van der Waals surface area (Å²) in [5, 5.41) is 0. The minimum absolute atomic E-state index is 0.717. The predicted octanol–water partition coefficient (Wildman–Crippen LogP) is 4.64. The Balaban J connectivity index is 3.82. The zero-order chi connectivity index (χ0) is 20.5. The fourth-order valence-corrected chi connectivity index (χ4v) is 3.85.